The molecule has 0 aliphatic carbocycles. The van der Waals surface area contributed by atoms with E-state index in [-0.39, 0.29) is 5.78 Å². The van der Waals surface area contributed by atoms with Gasteiger partial charge in [-0.2, -0.15) is 5.26 Å². The van der Waals surface area contributed by atoms with E-state index in [9.17, 15) is 4.79 Å². The number of H-pyrrole nitrogens is 1. The highest BCUT2D eigenvalue weighted by molar-refractivity contribution is 6.00. The number of aromatic amines is 1. The Hall–Kier alpha value is -2.54. The Morgan fingerprint density at radius 2 is 1.95 bits per heavy atom. The van der Waals surface area contributed by atoms with Gasteiger partial charge in [0.05, 0.1) is 18.2 Å². The van der Waals surface area contributed by atoms with Gasteiger partial charge < -0.3 is 9.88 Å². The summed E-state index contributed by atoms with van der Waals surface area (Å²) in [6.07, 6.45) is 0. The number of hydrogen-bond donors (Lipinski definition) is 1. The molecule has 2 aromatic rings. The van der Waals surface area contributed by atoms with Gasteiger partial charge in [0.25, 0.3) is 0 Å². The fraction of sp³-hybridized carbons (Fsp3) is 0.250. The summed E-state index contributed by atoms with van der Waals surface area (Å²) in [6.45, 7) is 4.15. The molecular formula is C16H17N3O. The lowest BCUT2D eigenvalue weighted by atomic mass is 10.1. The van der Waals surface area contributed by atoms with E-state index in [0.29, 0.717) is 12.1 Å². The SMILES string of the molecule is Cc1cc(C(=O)CN(C)c2ccc(C#N)cc2)c(C)[nH]1. The Morgan fingerprint density at radius 1 is 1.30 bits per heavy atom. The first-order valence-corrected chi connectivity index (χ1v) is 6.42. The van der Waals surface area contributed by atoms with Crippen LogP contribution in [0.4, 0.5) is 5.69 Å². The van der Waals surface area contributed by atoms with Gasteiger partial charge in [-0.3, -0.25) is 4.79 Å². The Balaban J connectivity index is 2.11. The van der Waals surface area contributed by atoms with Crippen LogP contribution in [0.1, 0.15) is 27.3 Å². The number of aryl methyl sites for hydroxylation is 2. The lowest BCUT2D eigenvalue weighted by Gasteiger charge is -2.18. The Labute approximate surface area is 118 Å². The molecule has 102 valence electrons. The minimum absolute atomic E-state index is 0.0821. The average Bonchev–Trinajstić information content (AvgIpc) is 2.78. The van der Waals surface area contributed by atoms with Crippen molar-refractivity contribution in [1.29, 1.82) is 5.26 Å². The summed E-state index contributed by atoms with van der Waals surface area (Å²) in [5.41, 5.74) is 4.17. The van der Waals surface area contributed by atoms with Gasteiger partial charge in [-0.05, 0) is 44.2 Å². The van der Waals surface area contributed by atoms with Crippen LogP contribution in [0.2, 0.25) is 0 Å². The molecule has 1 N–H and O–H groups in total. The number of anilines is 1. The van der Waals surface area contributed by atoms with Crippen molar-refractivity contribution in [2.45, 2.75) is 13.8 Å². The molecule has 20 heavy (non-hydrogen) atoms. The summed E-state index contributed by atoms with van der Waals surface area (Å²) in [4.78, 5) is 17.3. The predicted molar refractivity (Wildman–Crippen MR) is 79.0 cm³/mol. The van der Waals surface area contributed by atoms with Crippen LogP contribution in [0.3, 0.4) is 0 Å². The fourth-order valence-electron chi connectivity index (χ4n) is 2.20. The maximum absolute atomic E-state index is 12.3. The van der Waals surface area contributed by atoms with E-state index in [1.54, 1.807) is 12.1 Å². The second-order valence-corrected chi connectivity index (χ2v) is 4.93. The Kier molecular flexibility index (Phi) is 3.90. The Morgan fingerprint density at radius 3 is 2.45 bits per heavy atom. The van der Waals surface area contributed by atoms with Gasteiger partial charge >= 0.3 is 0 Å². The van der Waals surface area contributed by atoms with Crippen molar-refractivity contribution in [3.63, 3.8) is 0 Å². The average molecular weight is 267 g/mol. The molecule has 4 nitrogen and oxygen atoms in total. The van der Waals surface area contributed by atoms with Crippen LogP contribution in [-0.2, 0) is 0 Å². The van der Waals surface area contributed by atoms with Crippen molar-refractivity contribution in [3.8, 4) is 6.07 Å². The third-order valence-electron chi connectivity index (χ3n) is 3.27. The number of benzene rings is 1. The first kappa shape index (κ1) is 13.9. The van der Waals surface area contributed by atoms with Crippen LogP contribution in [0.5, 0.6) is 0 Å². The van der Waals surface area contributed by atoms with Crippen molar-refractivity contribution in [3.05, 3.63) is 52.8 Å². The van der Waals surface area contributed by atoms with Crippen molar-refractivity contribution in [2.75, 3.05) is 18.5 Å². The van der Waals surface area contributed by atoms with Gasteiger partial charge in [0.2, 0.25) is 0 Å². The molecular weight excluding hydrogens is 250 g/mol. The van der Waals surface area contributed by atoms with E-state index < -0.39 is 0 Å². The van der Waals surface area contributed by atoms with Gasteiger partial charge in [-0.1, -0.05) is 0 Å². The zero-order valence-corrected chi connectivity index (χ0v) is 11.9. The van der Waals surface area contributed by atoms with E-state index in [4.69, 9.17) is 5.26 Å². The number of Topliss-reactive ketones (excluding diaryl/α,β-unsaturated/α-hetero) is 1. The third-order valence-corrected chi connectivity index (χ3v) is 3.27. The number of ketones is 1. The fourth-order valence-corrected chi connectivity index (χ4v) is 2.20. The van der Waals surface area contributed by atoms with Gasteiger partial charge in [-0.15, -0.1) is 0 Å². The minimum atomic E-state index is 0.0821. The summed E-state index contributed by atoms with van der Waals surface area (Å²) in [5, 5.41) is 8.77. The number of hydrogen-bond acceptors (Lipinski definition) is 3. The van der Waals surface area contributed by atoms with E-state index >= 15 is 0 Å². The van der Waals surface area contributed by atoms with E-state index in [2.05, 4.69) is 11.1 Å². The molecule has 0 saturated carbocycles. The summed E-state index contributed by atoms with van der Waals surface area (Å²) in [7, 11) is 1.87. The topological polar surface area (TPSA) is 59.9 Å². The first-order chi connectivity index (χ1) is 9.51. The number of nitrogens with zero attached hydrogens (tertiary/aromatic N) is 2. The molecule has 0 fully saturated rings. The van der Waals surface area contributed by atoms with E-state index in [0.717, 1.165) is 22.6 Å². The summed E-state index contributed by atoms with van der Waals surface area (Å²) in [6, 6.07) is 11.2. The van der Waals surface area contributed by atoms with Crippen LogP contribution < -0.4 is 4.90 Å². The highest BCUT2D eigenvalue weighted by Gasteiger charge is 2.14. The summed E-state index contributed by atoms with van der Waals surface area (Å²) in [5.74, 6) is 0.0821. The molecule has 1 aromatic carbocycles. The van der Waals surface area contributed by atoms with Crippen molar-refractivity contribution >= 4 is 11.5 Å². The van der Waals surface area contributed by atoms with E-state index in [1.807, 2.05) is 44.0 Å². The minimum Gasteiger partial charge on any atom is -0.367 e. The standard InChI is InChI=1S/C16H17N3O/c1-11-8-15(12(2)18-11)16(20)10-19(3)14-6-4-13(9-17)5-7-14/h4-8,18H,10H2,1-3H3. The molecule has 0 amide bonds. The van der Waals surface area contributed by atoms with Crippen molar-refractivity contribution < 1.29 is 4.79 Å². The number of carbonyl (C=O) groups excluding carboxylic acids is 1. The van der Waals surface area contributed by atoms with E-state index in [1.165, 1.54) is 0 Å². The molecule has 1 aromatic heterocycles. The van der Waals surface area contributed by atoms with Crippen molar-refractivity contribution in [1.82, 2.24) is 4.98 Å². The molecule has 0 bridgehead atoms. The van der Waals surface area contributed by atoms with Crippen LogP contribution >= 0.6 is 0 Å². The van der Waals surface area contributed by atoms with Crippen LogP contribution in [0.15, 0.2) is 30.3 Å². The Bertz CT molecular complexity index is 662. The number of carbonyl (C=O) groups is 1. The third kappa shape index (κ3) is 2.89. The molecule has 0 radical (unpaired) electrons. The smallest absolute Gasteiger partial charge is 0.183 e. The highest BCUT2D eigenvalue weighted by Crippen LogP contribution is 2.16. The monoisotopic (exact) mass is 267 g/mol. The number of nitrogens with one attached hydrogen (secondary N) is 1. The molecule has 0 aliphatic rings. The molecule has 0 unspecified atom stereocenters. The summed E-state index contributed by atoms with van der Waals surface area (Å²) >= 11 is 0. The molecule has 0 saturated heterocycles. The lowest BCUT2D eigenvalue weighted by Crippen LogP contribution is -2.25. The second-order valence-electron chi connectivity index (χ2n) is 4.93. The normalized spacial score (nSPS) is 10.1. The van der Waals surface area contributed by atoms with Crippen molar-refractivity contribution in [2.24, 2.45) is 0 Å². The van der Waals surface area contributed by atoms with Gasteiger partial charge in [0.1, 0.15) is 0 Å². The van der Waals surface area contributed by atoms with Gasteiger partial charge in [0, 0.05) is 29.7 Å². The highest BCUT2D eigenvalue weighted by atomic mass is 16.1. The maximum atomic E-state index is 12.3. The van der Waals surface area contributed by atoms with Crippen LogP contribution in [0.25, 0.3) is 0 Å². The molecule has 0 spiro atoms. The summed E-state index contributed by atoms with van der Waals surface area (Å²) < 4.78 is 0. The number of nitriles is 1. The first-order valence-electron chi connectivity index (χ1n) is 6.42. The quantitative estimate of drug-likeness (QED) is 0.866. The molecule has 1 heterocycles. The molecule has 0 atom stereocenters. The molecule has 2 rings (SSSR count). The maximum Gasteiger partial charge on any atom is 0.183 e. The molecule has 4 heteroatoms. The predicted octanol–water partition coefficient (Wildman–Crippen LogP) is 2.82. The van der Waals surface area contributed by atoms with Crippen LogP contribution in [-0.4, -0.2) is 24.4 Å². The molecule has 0 aliphatic heterocycles. The lowest BCUT2D eigenvalue weighted by molar-refractivity contribution is 0.1000. The van der Waals surface area contributed by atoms with Gasteiger partial charge in [0.15, 0.2) is 5.78 Å². The number of rotatable bonds is 4. The van der Waals surface area contributed by atoms with Crippen LogP contribution in [0, 0.1) is 25.2 Å². The largest absolute Gasteiger partial charge is 0.367 e. The van der Waals surface area contributed by atoms with Gasteiger partial charge in [-0.25, -0.2) is 0 Å². The zero-order chi connectivity index (χ0) is 14.7. The zero-order valence-electron chi connectivity index (χ0n) is 11.9. The number of aromatic nitrogens is 1. The second kappa shape index (κ2) is 5.62. The number of likely N-dealkylation sites (N-methyl/N-ethyl adjacent to an activating group) is 1.